The predicted molar refractivity (Wildman–Crippen MR) is 113 cm³/mol. The molecule has 3 aromatic rings. The van der Waals surface area contributed by atoms with Crippen LogP contribution in [0, 0.1) is 12.3 Å². The zero-order valence-corrected chi connectivity index (χ0v) is 16.9. The van der Waals surface area contributed by atoms with Gasteiger partial charge in [0.25, 0.3) is 0 Å². The zero-order valence-electron chi connectivity index (χ0n) is 16.1. The van der Waals surface area contributed by atoms with Gasteiger partial charge in [0.05, 0.1) is 11.7 Å². The molecule has 144 valence electrons. The van der Waals surface area contributed by atoms with Crippen LogP contribution in [-0.2, 0) is 6.54 Å². The highest BCUT2D eigenvalue weighted by Crippen LogP contribution is 2.48. The quantitative estimate of drug-likeness (QED) is 0.730. The second-order valence-electron chi connectivity index (χ2n) is 7.98. The molecule has 2 aliphatic rings. The van der Waals surface area contributed by atoms with E-state index < -0.39 is 0 Å². The van der Waals surface area contributed by atoms with Gasteiger partial charge in [-0.2, -0.15) is 5.10 Å². The van der Waals surface area contributed by atoms with E-state index in [9.17, 15) is 0 Å². The van der Waals surface area contributed by atoms with E-state index in [1.165, 1.54) is 26.7 Å². The van der Waals surface area contributed by atoms with Gasteiger partial charge in [0.15, 0.2) is 0 Å². The van der Waals surface area contributed by atoms with Crippen LogP contribution in [0.15, 0.2) is 64.8 Å². The van der Waals surface area contributed by atoms with E-state index in [1.807, 2.05) is 18.6 Å². The highest BCUT2D eigenvalue weighted by atomic mass is 32.2. The predicted octanol–water partition coefficient (Wildman–Crippen LogP) is 4.04. The lowest BCUT2D eigenvalue weighted by Gasteiger charge is -2.42. The Morgan fingerprint density at radius 2 is 1.86 bits per heavy atom. The molecule has 6 heteroatoms. The van der Waals surface area contributed by atoms with Crippen molar-refractivity contribution in [2.75, 3.05) is 18.0 Å². The fraction of sp³-hybridized carbons (Fsp3) is 0.364. The summed E-state index contributed by atoms with van der Waals surface area (Å²) in [7, 11) is 0. The molecule has 5 nitrogen and oxygen atoms in total. The van der Waals surface area contributed by atoms with E-state index in [2.05, 4.69) is 63.0 Å². The van der Waals surface area contributed by atoms with Crippen molar-refractivity contribution < 1.29 is 0 Å². The normalized spacial score (nSPS) is 20.5. The second-order valence-corrected chi connectivity index (χ2v) is 9.09. The summed E-state index contributed by atoms with van der Waals surface area (Å²) >= 11 is 1.79. The summed E-state index contributed by atoms with van der Waals surface area (Å²) < 4.78 is 2.10. The lowest BCUT2D eigenvalue weighted by atomic mass is 9.73. The number of piperidine rings is 1. The molecule has 2 aromatic heterocycles. The number of aromatic nitrogens is 3. The number of aryl methyl sites for hydroxylation is 1. The summed E-state index contributed by atoms with van der Waals surface area (Å²) in [5.74, 6) is 0. The Labute approximate surface area is 170 Å². The van der Waals surface area contributed by atoms with Crippen LogP contribution < -0.4 is 10.6 Å². The SMILES string of the molecule is Cc1cnccc1Sc1ccc(N2CCC3(CC2)Cn2nccc2[C@H]3N)cc1. The molecule has 1 atom stereocenters. The second kappa shape index (κ2) is 6.94. The molecule has 1 fully saturated rings. The molecule has 5 rings (SSSR count). The van der Waals surface area contributed by atoms with Crippen molar-refractivity contribution >= 4 is 17.4 Å². The van der Waals surface area contributed by atoms with Crippen molar-refractivity contribution in [2.24, 2.45) is 11.1 Å². The highest BCUT2D eigenvalue weighted by Gasteiger charge is 2.46. The number of anilines is 1. The number of hydrogen-bond acceptors (Lipinski definition) is 5. The van der Waals surface area contributed by atoms with Gasteiger partial charge in [0.2, 0.25) is 0 Å². The fourth-order valence-corrected chi connectivity index (χ4v) is 5.42. The van der Waals surface area contributed by atoms with E-state index >= 15 is 0 Å². The van der Waals surface area contributed by atoms with Gasteiger partial charge in [-0.05, 0) is 61.7 Å². The third-order valence-electron chi connectivity index (χ3n) is 6.35. The Kier molecular flexibility index (Phi) is 4.40. The molecular weight excluding hydrogens is 366 g/mol. The van der Waals surface area contributed by atoms with E-state index in [0.29, 0.717) is 0 Å². The van der Waals surface area contributed by atoms with Crippen LogP contribution in [0.4, 0.5) is 5.69 Å². The van der Waals surface area contributed by atoms with Crippen LogP contribution in [0.3, 0.4) is 0 Å². The van der Waals surface area contributed by atoms with Gasteiger partial charge in [0, 0.05) is 59.1 Å². The van der Waals surface area contributed by atoms with Gasteiger partial charge in [-0.3, -0.25) is 9.67 Å². The summed E-state index contributed by atoms with van der Waals surface area (Å²) in [6, 6.07) is 13.2. The number of fused-ring (bicyclic) bond motifs is 1. The molecule has 0 aliphatic carbocycles. The molecular formula is C22H25N5S. The van der Waals surface area contributed by atoms with Gasteiger partial charge in [-0.15, -0.1) is 0 Å². The fourth-order valence-electron chi connectivity index (χ4n) is 4.56. The first-order valence-electron chi connectivity index (χ1n) is 9.85. The van der Waals surface area contributed by atoms with Gasteiger partial charge < -0.3 is 10.6 Å². The van der Waals surface area contributed by atoms with Crippen LogP contribution in [0.5, 0.6) is 0 Å². The first-order chi connectivity index (χ1) is 13.6. The standard InChI is InChI=1S/C22H25N5S/c1-16-14-24-10-7-20(16)28-18-4-2-17(3-5-18)26-12-8-22(9-13-26)15-27-19(21(22)23)6-11-25-27/h2-7,10-11,14,21H,8-9,12-13,15,23H2,1H3/t21-/m1/s1. The molecule has 2 N–H and O–H groups in total. The van der Waals surface area contributed by atoms with Crippen molar-refractivity contribution in [1.82, 2.24) is 14.8 Å². The van der Waals surface area contributed by atoms with Crippen molar-refractivity contribution in [1.29, 1.82) is 0 Å². The number of nitrogens with zero attached hydrogens (tertiary/aromatic N) is 4. The van der Waals surface area contributed by atoms with Crippen molar-refractivity contribution in [3.63, 3.8) is 0 Å². The maximum absolute atomic E-state index is 6.60. The lowest BCUT2D eigenvalue weighted by molar-refractivity contribution is 0.170. The summed E-state index contributed by atoms with van der Waals surface area (Å²) in [6.07, 6.45) is 7.87. The van der Waals surface area contributed by atoms with Crippen molar-refractivity contribution in [3.05, 3.63) is 66.2 Å². The van der Waals surface area contributed by atoms with Crippen LogP contribution in [0.25, 0.3) is 0 Å². The number of nitrogens with two attached hydrogens (primary N) is 1. The zero-order chi connectivity index (χ0) is 19.1. The van der Waals surface area contributed by atoms with Gasteiger partial charge in [0.1, 0.15) is 0 Å². The molecule has 28 heavy (non-hydrogen) atoms. The van der Waals surface area contributed by atoms with Crippen LogP contribution >= 0.6 is 11.8 Å². The summed E-state index contributed by atoms with van der Waals surface area (Å²) in [5.41, 5.74) is 10.5. The smallest absolute Gasteiger partial charge is 0.0558 e. The average Bonchev–Trinajstić information content (AvgIpc) is 3.27. The number of rotatable bonds is 3. The molecule has 0 amide bonds. The molecule has 1 aromatic carbocycles. The Morgan fingerprint density at radius 3 is 2.57 bits per heavy atom. The minimum atomic E-state index is 0.111. The molecule has 0 radical (unpaired) electrons. The highest BCUT2D eigenvalue weighted by molar-refractivity contribution is 7.99. The molecule has 0 saturated carbocycles. The van der Waals surface area contributed by atoms with E-state index in [0.717, 1.165) is 32.5 Å². The van der Waals surface area contributed by atoms with Crippen molar-refractivity contribution in [2.45, 2.75) is 42.1 Å². The number of benzene rings is 1. The number of hydrogen-bond donors (Lipinski definition) is 1. The molecule has 1 spiro atoms. The van der Waals surface area contributed by atoms with E-state index in [-0.39, 0.29) is 11.5 Å². The summed E-state index contributed by atoms with van der Waals surface area (Å²) in [4.78, 5) is 9.18. The first-order valence-corrected chi connectivity index (χ1v) is 10.7. The third kappa shape index (κ3) is 3.01. The topological polar surface area (TPSA) is 60.0 Å². The van der Waals surface area contributed by atoms with Crippen LogP contribution in [-0.4, -0.2) is 27.9 Å². The van der Waals surface area contributed by atoms with Gasteiger partial charge in [-0.1, -0.05) is 11.8 Å². The van der Waals surface area contributed by atoms with Crippen LogP contribution in [0.1, 0.15) is 30.1 Å². The van der Waals surface area contributed by atoms with E-state index in [4.69, 9.17) is 5.73 Å². The van der Waals surface area contributed by atoms with Gasteiger partial charge in [-0.25, -0.2) is 0 Å². The first kappa shape index (κ1) is 17.8. The molecule has 2 aliphatic heterocycles. The van der Waals surface area contributed by atoms with Gasteiger partial charge >= 0.3 is 0 Å². The minimum absolute atomic E-state index is 0.111. The maximum atomic E-state index is 6.60. The molecule has 4 heterocycles. The van der Waals surface area contributed by atoms with Crippen LogP contribution in [0.2, 0.25) is 0 Å². The van der Waals surface area contributed by atoms with Crippen molar-refractivity contribution in [3.8, 4) is 0 Å². The lowest BCUT2D eigenvalue weighted by Crippen LogP contribution is -2.44. The summed E-state index contributed by atoms with van der Waals surface area (Å²) in [6.45, 7) is 5.17. The Bertz CT molecular complexity index is 973. The number of pyridine rings is 1. The molecule has 1 saturated heterocycles. The Hall–Kier alpha value is -2.31. The molecule has 0 bridgehead atoms. The Balaban J connectivity index is 1.25. The monoisotopic (exact) mass is 391 g/mol. The minimum Gasteiger partial charge on any atom is -0.371 e. The Morgan fingerprint density at radius 1 is 1.07 bits per heavy atom. The maximum Gasteiger partial charge on any atom is 0.0558 e. The largest absolute Gasteiger partial charge is 0.371 e. The van der Waals surface area contributed by atoms with E-state index in [1.54, 1.807) is 11.8 Å². The average molecular weight is 392 g/mol. The summed E-state index contributed by atoms with van der Waals surface area (Å²) in [5, 5.41) is 4.44. The third-order valence-corrected chi connectivity index (χ3v) is 7.54. The molecule has 0 unspecified atom stereocenters.